The predicted molar refractivity (Wildman–Crippen MR) is 91.0 cm³/mol. The van der Waals surface area contributed by atoms with Gasteiger partial charge in [-0.05, 0) is 43.9 Å². The summed E-state index contributed by atoms with van der Waals surface area (Å²) in [5.41, 5.74) is 1.92. The lowest BCUT2D eigenvalue weighted by Gasteiger charge is -2.31. The summed E-state index contributed by atoms with van der Waals surface area (Å²) in [7, 11) is 1.79. The smallest absolute Gasteiger partial charge is 0.272 e. The first-order valence-corrected chi connectivity index (χ1v) is 8.36. The second kappa shape index (κ2) is 7.34. The monoisotopic (exact) mass is 339 g/mol. The zero-order valence-corrected chi connectivity index (χ0v) is 14.5. The van der Waals surface area contributed by atoms with Crippen LogP contribution in [0.25, 0.3) is 0 Å². The van der Waals surface area contributed by atoms with Crippen molar-refractivity contribution in [1.82, 2.24) is 19.7 Å². The van der Waals surface area contributed by atoms with Crippen molar-refractivity contribution in [3.63, 3.8) is 0 Å². The first kappa shape index (κ1) is 17.0. The van der Waals surface area contributed by atoms with E-state index in [2.05, 4.69) is 16.2 Å². The van der Waals surface area contributed by atoms with E-state index in [0.717, 1.165) is 18.5 Å². The number of aromatic nitrogens is 3. The summed E-state index contributed by atoms with van der Waals surface area (Å²) in [5.74, 6) is 0.763. The summed E-state index contributed by atoms with van der Waals surface area (Å²) in [6.45, 7) is 3.79. The zero-order chi connectivity index (χ0) is 17.8. The van der Waals surface area contributed by atoms with Gasteiger partial charge in [0.2, 0.25) is 5.88 Å². The maximum atomic E-state index is 12.6. The minimum atomic E-state index is 0.0268. The average molecular weight is 339 g/mol. The second-order valence-electron chi connectivity index (χ2n) is 6.31. The maximum absolute atomic E-state index is 12.6. The summed E-state index contributed by atoms with van der Waals surface area (Å²) in [6.07, 6.45) is 3.36. The third-order valence-corrected chi connectivity index (χ3v) is 4.47. The van der Waals surface area contributed by atoms with Crippen LogP contribution >= 0.6 is 0 Å². The normalized spacial score (nSPS) is 15.0. The number of ether oxygens (including phenoxy) is 1. The molecule has 130 valence electrons. The van der Waals surface area contributed by atoms with Crippen LogP contribution in [0.15, 0.2) is 24.4 Å². The summed E-state index contributed by atoms with van der Waals surface area (Å²) in [5, 5.41) is 13.3. The van der Waals surface area contributed by atoms with Crippen molar-refractivity contribution >= 4 is 5.91 Å². The van der Waals surface area contributed by atoms with E-state index in [1.165, 1.54) is 0 Å². The second-order valence-corrected chi connectivity index (χ2v) is 6.31. The van der Waals surface area contributed by atoms with Gasteiger partial charge in [-0.3, -0.25) is 9.48 Å². The standard InChI is InChI=1S/C18H21N5O2/c1-13-10-16(22(2)21-13)18(24)23-8-5-14(6-9-23)12-25-17-15(11-19)4-3-7-20-17/h3-4,7,10,14H,5-6,8-9,12H2,1-2H3. The molecular weight excluding hydrogens is 318 g/mol. The number of nitriles is 1. The van der Waals surface area contributed by atoms with Gasteiger partial charge in [0, 0.05) is 26.3 Å². The van der Waals surface area contributed by atoms with Crippen LogP contribution in [0.1, 0.15) is 34.6 Å². The van der Waals surface area contributed by atoms with E-state index in [9.17, 15) is 4.79 Å². The number of amides is 1. The number of piperidine rings is 1. The molecule has 0 saturated carbocycles. The summed E-state index contributed by atoms with van der Waals surface area (Å²) < 4.78 is 7.36. The van der Waals surface area contributed by atoms with Crippen LogP contribution in [0.5, 0.6) is 5.88 Å². The van der Waals surface area contributed by atoms with Gasteiger partial charge in [0.05, 0.1) is 12.3 Å². The molecule has 0 unspecified atom stereocenters. The molecule has 0 radical (unpaired) electrons. The largest absolute Gasteiger partial charge is 0.476 e. The lowest BCUT2D eigenvalue weighted by atomic mass is 9.97. The van der Waals surface area contributed by atoms with Gasteiger partial charge >= 0.3 is 0 Å². The molecule has 0 aromatic carbocycles. The average Bonchev–Trinajstić information content (AvgIpc) is 2.98. The molecule has 0 aliphatic carbocycles. The maximum Gasteiger partial charge on any atom is 0.272 e. The van der Waals surface area contributed by atoms with Gasteiger partial charge < -0.3 is 9.64 Å². The molecule has 1 aliphatic heterocycles. The van der Waals surface area contributed by atoms with Gasteiger partial charge in [0.15, 0.2) is 0 Å². The van der Waals surface area contributed by atoms with Crippen LogP contribution in [-0.4, -0.2) is 45.3 Å². The molecule has 1 saturated heterocycles. The Kier molecular flexibility index (Phi) is 4.98. The number of pyridine rings is 1. The van der Waals surface area contributed by atoms with Gasteiger partial charge in [-0.15, -0.1) is 0 Å². The molecule has 2 aromatic heterocycles. The van der Waals surface area contributed by atoms with E-state index < -0.39 is 0 Å². The molecular formula is C18H21N5O2. The zero-order valence-electron chi connectivity index (χ0n) is 14.5. The van der Waals surface area contributed by atoms with E-state index in [0.29, 0.717) is 42.8 Å². The van der Waals surface area contributed by atoms with E-state index in [1.807, 2.05) is 17.9 Å². The SMILES string of the molecule is Cc1cc(C(=O)N2CCC(COc3ncccc3C#N)CC2)n(C)n1. The van der Waals surface area contributed by atoms with E-state index in [-0.39, 0.29) is 5.91 Å². The fraction of sp³-hybridized carbons (Fsp3) is 0.444. The van der Waals surface area contributed by atoms with Crippen molar-refractivity contribution in [1.29, 1.82) is 5.26 Å². The summed E-state index contributed by atoms with van der Waals surface area (Å²) in [4.78, 5) is 18.6. The van der Waals surface area contributed by atoms with E-state index >= 15 is 0 Å². The van der Waals surface area contributed by atoms with Crippen molar-refractivity contribution in [3.8, 4) is 11.9 Å². The predicted octanol–water partition coefficient (Wildman–Crippen LogP) is 1.93. The molecule has 0 bridgehead atoms. The molecule has 0 spiro atoms. The highest BCUT2D eigenvalue weighted by molar-refractivity contribution is 5.92. The fourth-order valence-corrected chi connectivity index (χ4v) is 3.06. The van der Waals surface area contributed by atoms with Crippen molar-refractivity contribution in [2.75, 3.05) is 19.7 Å². The Morgan fingerprint density at radius 2 is 2.20 bits per heavy atom. The van der Waals surface area contributed by atoms with Crippen LogP contribution in [0, 0.1) is 24.2 Å². The molecule has 2 aromatic rings. The van der Waals surface area contributed by atoms with E-state index in [4.69, 9.17) is 10.00 Å². The first-order valence-electron chi connectivity index (χ1n) is 8.36. The Hall–Kier alpha value is -2.88. The van der Waals surface area contributed by atoms with Crippen molar-refractivity contribution in [2.24, 2.45) is 13.0 Å². The number of hydrogen-bond acceptors (Lipinski definition) is 5. The molecule has 1 fully saturated rings. The molecule has 3 rings (SSSR count). The minimum absolute atomic E-state index is 0.0268. The van der Waals surface area contributed by atoms with E-state index in [1.54, 1.807) is 30.1 Å². The quantitative estimate of drug-likeness (QED) is 0.850. The number of carbonyl (C=O) groups excluding carboxylic acids is 1. The summed E-state index contributed by atoms with van der Waals surface area (Å²) >= 11 is 0. The topological polar surface area (TPSA) is 84.0 Å². The third-order valence-electron chi connectivity index (χ3n) is 4.47. The van der Waals surface area contributed by atoms with Gasteiger partial charge in [-0.2, -0.15) is 10.4 Å². The molecule has 0 N–H and O–H groups in total. The van der Waals surface area contributed by atoms with Gasteiger partial charge in [-0.25, -0.2) is 4.98 Å². The number of aryl methyl sites for hydroxylation is 2. The highest BCUT2D eigenvalue weighted by Crippen LogP contribution is 2.21. The summed E-state index contributed by atoms with van der Waals surface area (Å²) in [6, 6.07) is 7.32. The Labute approximate surface area is 146 Å². The number of likely N-dealkylation sites (tertiary alicyclic amines) is 1. The highest BCUT2D eigenvalue weighted by atomic mass is 16.5. The van der Waals surface area contributed by atoms with Gasteiger partial charge in [-0.1, -0.05) is 0 Å². The molecule has 7 heteroatoms. The van der Waals surface area contributed by atoms with Crippen molar-refractivity contribution in [3.05, 3.63) is 41.3 Å². The van der Waals surface area contributed by atoms with Crippen LogP contribution in [0.4, 0.5) is 0 Å². The number of rotatable bonds is 4. The van der Waals surface area contributed by atoms with Crippen LogP contribution in [0.2, 0.25) is 0 Å². The van der Waals surface area contributed by atoms with Crippen molar-refractivity contribution < 1.29 is 9.53 Å². The number of nitrogens with zero attached hydrogens (tertiary/aromatic N) is 5. The molecule has 1 aliphatic rings. The van der Waals surface area contributed by atoms with Crippen LogP contribution in [0.3, 0.4) is 0 Å². The number of hydrogen-bond donors (Lipinski definition) is 0. The lowest BCUT2D eigenvalue weighted by molar-refractivity contribution is 0.0648. The molecule has 3 heterocycles. The van der Waals surface area contributed by atoms with Crippen LogP contribution < -0.4 is 4.74 Å². The lowest BCUT2D eigenvalue weighted by Crippen LogP contribution is -2.40. The Morgan fingerprint density at radius 1 is 1.44 bits per heavy atom. The minimum Gasteiger partial charge on any atom is -0.476 e. The molecule has 0 atom stereocenters. The molecule has 25 heavy (non-hydrogen) atoms. The third kappa shape index (κ3) is 3.79. The first-order chi connectivity index (χ1) is 12.1. The fourth-order valence-electron chi connectivity index (χ4n) is 3.06. The van der Waals surface area contributed by atoms with Crippen LogP contribution in [-0.2, 0) is 7.05 Å². The van der Waals surface area contributed by atoms with Gasteiger partial charge in [0.25, 0.3) is 5.91 Å². The Morgan fingerprint density at radius 3 is 2.84 bits per heavy atom. The Bertz CT molecular complexity index is 800. The number of carbonyl (C=O) groups is 1. The highest BCUT2D eigenvalue weighted by Gasteiger charge is 2.26. The molecule has 7 nitrogen and oxygen atoms in total. The molecule has 1 amide bonds. The van der Waals surface area contributed by atoms with Gasteiger partial charge in [0.1, 0.15) is 17.3 Å². The Balaban J connectivity index is 1.53. The van der Waals surface area contributed by atoms with Crippen molar-refractivity contribution in [2.45, 2.75) is 19.8 Å².